The average Bonchev–Trinajstić information content (AvgIpc) is 3.97. The lowest BCUT2D eigenvalue weighted by Gasteiger charge is -2.24. The van der Waals surface area contributed by atoms with Crippen LogP contribution >= 0.6 is 7.82 Å². The molecule has 0 aliphatic carbocycles. The third-order valence-electron chi connectivity index (χ3n) is 11.1. The van der Waals surface area contributed by atoms with Gasteiger partial charge in [0.2, 0.25) is 0 Å². The molecule has 0 radical (unpaired) electrons. The number of nitrogens with zero attached hydrogens (tertiary/aromatic N) is 1. The first-order valence-corrected chi connectivity index (χ1v) is 26.3. The number of allylic oxidation sites excluding steroid dienone is 5. The second-order valence-corrected chi connectivity index (χ2v) is 19.7. The SMILES string of the molecule is CCCCCCCCCCCCCCCCCCCCCC(=O)O[C@H](COC(=O)CCC/C=C\C/C=C\C/C=C\CC1OC1CCCCC)COP(=O)(O)OCC[N+](C)(C)C. The smallest absolute Gasteiger partial charge is 0.462 e. The van der Waals surface area contributed by atoms with E-state index in [4.69, 9.17) is 23.3 Å². The summed E-state index contributed by atoms with van der Waals surface area (Å²) in [7, 11) is 1.45. The molecule has 0 bridgehead atoms. The Labute approximate surface area is 374 Å². The zero-order valence-electron chi connectivity index (χ0n) is 39.8. The van der Waals surface area contributed by atoms with Crippen LogP contribution in [-0.4, -0.2) is 87.1 Å². The van der Waals surface area contributed by atoms with E-state index in [0.29, 0.717) is 36.1 Å². The van der Waals surface area contributed by atoms with E-state index in [0.717, 1.165) is 38.5 Å². The number of epoxide rings is 1. The Hall–Kier alpha value is -1.81. The van der Waals surface area contributed by atoms with Crippen LogP contribution < -0.4 is 0 Å². The number of phosphoric ester groups is 1. The molecule has 0 aromatic carbocycles. The zero-order chi connectivity index (χ0) is 44.7. The van der Waals surface area contributed by atoms with Gasteiger partial charge in [-0.3, -0.25) is 18.6 Å². The van der Waals surface area contributed by atoms with Gasteiger partial charge in [0.25, 0.3) is 0 Å². The van der Waals surface area contributed by atoms with E-state index in [1.54, 1.807) is 0 Å². The third-order valence-corrected chi connectivity index (χ3v) is 12.1. The lowest BCUT2D eigenvalue weighted by molar-refractivity contribution is -0.870. The predicted molar refractivity (Wildman–Crippen MR) is 251 cm³/mol. The minimum atomic E-state index is -4.39. The van der Waals surface area contributed by atoms with Crippen LogP contribution in [0.15, 0.2) is 36.5 Å². The van der Waals surface area contributed by atoms with Gasteiger partial charge in [-0.1, -0.05) is 185 Å². The Bertz CT molecular complexity index is 1200. The van der Waals surface area contributed by atoms with Crippen LogP contribution in [0.2, 0.25) is 0 Å². The fraction of sp³-hybridized carbons (Fsp3) is 0.840. The summed E-state index contributed by atoms with van der Waals surface area (Å²) in [6.45, 7) is 4.35. The normalized spacial score (nSPS) is 17.1. The number of quaternary nitrogens is 1. The first kappa shape index (κ1) is 57.2. The van der Waals surface area contributed by atoms with Gasteiger partial charge in [-0.15, -0.1) is 0 Å². The summed E-state index contributed by atoms with van der Waals surface area (Å²) >= 11 is 0. The Morgan fingerprint density at radius 1 is 0.607 bits per heavy atom. The first-order valence-electron chi connectivity index (χ1n) is 24.8. The van der Waals surface area contributed by atoms with Gasteiger partial charge in [0.15, 0.2) is 6.10 Å². The molecule has 4 atom stereocenters. The number of unbranched alkanes of at least 4 members (excludes halogenated alkanes) is 21. The maximum absolute atomic E-state index is 12.7. The minimum absolute atomic E-state index is 0.0222. The maximum Gasteiger partial charge on any atom is 0.472 e. The molecule has 10 nitrogen and oxygen atoms in total. The van der Waals surface area contributed by atoms with Crippen molar-refractivity contribution in [2.24, 2.45) is 0 Å². The second kappa shape index (κ2) is 38.6. The van der Waals surface area contributed by atoms with Crippen LogP contribution in [-0.2, 0) is 37.4 Å². The van der Waals surface area contributed by atoms with Crippen molar-refractivity contribution in [3.63, 3.8) is 0 Å². The Morgan fingerprint density at radius 2 is 1.10 bits per heavy atom. The molecule has 356 valence electrons. The molecule has 1 aliphatic heterocycles. The van der Waals surface area contributed by atoms with Crippen molar-refractivity contribution in [1.29, 1.82) is 0 Å². The summed E-state index contributed by atoms with van der Waals surface area (Å²) in [6.07, 6.45) is 46.6. The predicted octanol–water partition coefficient (Wildman–Crippen LogP) is 13.5. The summed E-state index contributed by atoms with van der Waals surface area (Å²) in [6, 6.07) is 0. The molecule has 11 heteroatoms. The van der Waals surface area contributed by atoms with Crippen molar-refractivity contribution in [1.82, 2.24) is 0 Å². The summed E-state index contributed by atoms with van der Waals surface area (Å²) in [5.74, 6) is -0.861. The molecule has 0 saturated carbocycles. The number of carbonyl (C=O) groups is 2. The number of esters is 2. The number of ether oxygens (including phenoxy) is 3. The third kappa shape index (κ3) is 39.5. The molecule has 61 heavy (non-hydrogen) atoms. The number of phosphoric acid groups is 1. The number of likely N-dealkylation sites (N-methyl/N-ethyl adjacent to an activating group) is 1. The van der Waals surface area contributed by atoms with E-state index >= 15 is 0 Å². The lowest BCUT2D eigenvalue weighted by Crippen LogP contribution is -2.37. The molecule has 1 saturated heterocycles. The molecular formula is C50H93NO9P+. The molecule has 0 spiro atoms. The number of carbonyl (C=O) groups excluding carboxylic acids is 2. The average molecular weight is 883 g/mol. The van der Waals surface area contributed by atoms with Crippen molar-refractivity contribution in [2.75, 3.05) is 47.5 Å². The fourth-order valence-electron chi connectivity index (χ4n) is 7.10. The van der Waals surface area contributed by atoms with Gasteiger partial charge in [0.1, 0.15) is 19.8 Å². The molecule has 0 aromatic rings. The van der Waals surface area contributed by atoms with E-state index in [2.05, 4.69) is 50.3 Å². The van der Waals surface area contributed by atoms with E-state index in [9.17, 15) is 19.0 Å². The molecular weight excluding hydrogens is 790 g/mol. The van der Waals surface area contributed by atoms with Crippen LogP contribution in [0, 0.1) is 0 Å². The number of hydrogen-bond acceptors (Lipinski definition) is 8. The van der Waals surface area contributed by atoms with Crippen LogP contribution in [0.5, 0.6) is 0 Å². The quantitative estimate of drug-likeness (QED) is 0.0159. The Balaban J connectivity index is 2.25. The highest BCUT2D eigenvalue weighted by Crippen LogP contribution is 2.43. The van der Waals surface area contributed by atoms with Gasteiger partial charge < -0.3 is 23.6 Å². The van der Waals surface area contributed by atoms with Gasteiger partial charge in [-0.2, -0.15) is 0 Å². The molecule has 3 unspecified atom stereocenters. The minimum Gasteiger partial charge on any atom is -0.462 e. The molecule has 0 aromatic heterocycles. The topological polar surface area (TPSA) is 121 Å². The highest BCUT2D eigenvalue weighted by Gasteiger charge is 2.36. The van der Waals surface area contributed by atoms with Gasteiger partial charge in [0, 0.05) is 12.8 Å². The van der Waals surface area contributed by atoms with E-state index in [1.807, 2.05) is 21.1 Å². The largest absolute Gasteiger partial charge is 0.472 e. The number of rotatable bonds is 44. The van der Waals surface area contributed by atoms with Crippen molar-refractivity contribution in [3.8, 4) is 0 Å². The van der Waals surface area contributed by atoms with Gasteiger partial charge >= 0.3 is 19.8 Å². The van der Waals surface area contributed by atoms with E-state index in [1.165, 1.54) is 128 Å². The van der Waals surface area contributed by atoms with Crippen LogP contribution in [0.1, 0.15) is 206 Å². The standard InChI is InChI=1S/C50H92NO9P/c1-6-8-10-11-12-13-14-15-16-17-18-19-20-21-22-27-30-33-37-41-50(53)59-46(45-58-61(54,55)57-43-42-51(3,4)5)44-56-49(52)40-36-32-29-26-24-23-25-28-31-35-39-48-47(60-48)38-34-9-7-2/h23,25-26,29,31,35,46-48H,6-22,24,27-28,30,32-34,36-45H2,1-5H3/p+1/b25-23-,29-26-,35-31-/t46-,47?,48?/m1/s1. The monoisotopic (exact) mass is 883 g/mol. The van der Waals surface area contributed by atoms with Gasteiger partial charge in [-0.05, 0) is 44.9 Å². The van der Waals surface area contributed by atoms with Crippen LogP contribution in [0.4, 0.5) is 0 Å². The molecule has 1 N–H and O–H groups in total. The fourth-order valence-corrected chi connectivity index (χ4v) is 7.84. The molecule has 1 rings (SSSR count). The van der Waals surface area contributed by atoms with Gasteiger partial charge in [-0.25, -0.2) is 4.57 Å². The van der Waals surface area contributed by atoms with Crippen LogP contribution in [0.3, 0.4) is 0 Å². The number of hydrogen-bond donors (Lipinski definition) is 1. The molecule has 1 fully saturated rings. The summed E-state index contributed by atoms with van der Waals surface area (Å²) in [5, 5.41) is 0. The summed E-state index contributed by atoms with van der Waals surface area (Å²) in [4.78, 5) is 35.5. The molecule has 1 heterocycles. The second-order valence-electron chi connectivity index (χ2n) is 18.2. The van der Waals surface area contributed by atoms with E-state index < -0.39 is 32.5 Å². The Kier molecular flexibility index (Phi) is 36.2. The maximum atomic E-state index is 12.7. The van der Waals surface area contributed by atoms with Gasteiger partial charge in [0.05, 0.1) is 40.0 Å². The van der Waals surface area contributed by atoms with Crippen molar-refractivity contribution in [3.05, 3.63) is 36.5 Å². The summed E-state index contributed by atoms with van der Waals surface area (Å²) in [5.41, 5.74) is 0. The zero-order valence-corrected chi connectivity index (χ0v) is 40.7. The van der Waals surface area contributed by atoms with Crippen molar-refractivity contribution < 1.29 is 46.8 Å². The first-order chi connectivity index (χ1) is 29.5. The highest BCUT2D eigenvalue weighted by atomic mass is 31.2. The van der Waals surface area contributed by atoms with Crippen molar-refractivity contribution in [2.45, 2.75) is 225 Å². The van der Waals surface area contributed by atoms with E-state index in [-0.39, 0.29) is 26.1 Å². The molecule has 1 aliphatic rings. The summed E-state index contributed by atoms with van der Waals surface area (Å²) < 4.78 is 40.1. The Morgan fingerprint density at radius 3 is 1.66 bits per heavy atom. The van der Waals surface area contributed by atoms with Crippen molar-refractivity contribution >= 4 is 19.8 Å². The van der Waals surface area contributed by atoms with Crippen LogP contribution in [0.25, 0.3) is 0 Å². The molecule has 0 amide bonds. The lowest BCUT2D eigenvalue weighted by atomic mass is 10.0. The highest BCUT2D eigenvalue weighted by molar-refractivity contribution is 7.47.